The summed E-state index contributed by atoms with van der Waals surface area (Å²) < 4.78 is 9.82. The zero-order valence-electron chi connectivity index (χ0n) is 10.9. The molecular weight excluding hydrogens is 246 g/mol. The molecule has 0 bridgehead atoms. The first-order valence-electron chi connectivity index (χ1n) is 5.93. The molecule has 0 unspecified atom stereocenters. The molecule has 0 fully saturated rings. The number of hydrogen-bond donors (Lipinski definition) is 0. The lowest BCUT2D eigenvalue weighted by Gasteiger charge is -2.17. The second-order valence-electron chi connectivity index (χ2n) is 4.02. The van der Waals surface area contributed by atoms with Gasteiger partial charge in [0.1, 0.15) is 11.6 Å². The Labute approximate surface area is 111 Å². The zero-order chi connectivity index (χ0) is 13.0. The van der Waals surface area contributed by atoms with Gasteiger partial charge in [0.05, 0.1) is 6.61 Å². The number of para-hydroxylation sites is 1. The molecule has 0 amide bonds. The van der Waals surface area contributed by atoms with Gasteiger partial charge in [-0.15, -0.1) is 0 Å². The molecule has 5 heteroatoms. The van der Waals surface area contributed by atoms with Crippen molar-refractivity contribution in [3.05, 3.63) is 35.7 Å². The smallest absolute Gasteiger partial charge is 0.205 e. The number of benzene rings is 1. The lowest BCUT2D eigenvalue weighted by atomic mass is 10.2. The summed E-state index contributed by atoms with van der Waals surface area (Å²) in [5, 5.41) is 0.929. The molecule has 1 aromatic carbocycles. The van der Waals surface area contributed by atoms with Crippen molar-refractivity contribution >= 4 is 16.7 Å². The first-order valence-corrected chi connectivity index (χ1v) is 6.70. The number of anilines is 1. The number of rotatable bonds is 5. The van der Waals surface area contributed by atoms with Gasteiger partial charge in [0.25, 0.3) is 0 Å². The van der Waals surface area contributed by atoms with E-state index in [-0.39, 0.29) is 0 Å². The fourth-order valence-electron chi connectivity index (χ4n) is 1.70. The molecule has 2 rings (SSSR count). The van der Waals surface area contributed by atoms with Crippen LogP contribution in [0.2, 0.25) is 0 Å². The zero-order valence-corrected chi connectivity index (χ0v) is 11.7. The molecule has 0 saturated heterocycles. The van der Waals surface area contributed by atoms with Gasteiger partial charge in [-0.25, -0.2) is 4.98 Å². The van der Waals surface area contributed by atoms with Crippen LogP contribution < -0.4 is 9.64 Å². The number of aryl methyl sites for hydroxylation is 1. The number of aromatic nitrogens is 2. The Morgan fingerprint density at radius 1 is 1.33 bits per heavy atom. The van der Waals surface area contributed by atoms with Crippen molar-refractivity contribution in [2.24, 2.45) is 0 Å². The molecule has 1 aromatic heterocycles. The number of nitrogens with zero attached hydrogens (tertiary/aromatic N) is 3. The molecule has 96 valence electrons. The van der Waals surface area contributed by atoms with Crippen LogP contribution in [0.1, 0.15) is 18.3 Å². The summed E-state index contributed by atoms with van der Waals surface area (Å²) >= 11 is 1.42. The topological polar surface area (TPSA) is 38.2 Å². The van der Waals surface area contributed by atoms with Crippen molar-refractivity contribution in [2.45, 2.75) is 20.4 Å². The fourth-order valence-corrected chi connectivity index (χ4v) is 2.33. The highest BCUT2D eigenvalue weighted by molar-refractivity contribution is 7.09. The van der Waals surface area contributed by atoms with Crippen LogP contribution in [-0.4, -0.2) is 23.0 Å². The Morgan fingerprint density at radius 3 is 2.78 bits per heavy atom. The van der Waals surface area contributed by atoms with Gasteiger partial charge in [-0.3, -0.25) is 0 Å². The predicted molar refractivity (Wildman–Crippen MR) is 74.4 cm³/mol. The highest BCUT2D eigenvalue weighted by Gasteiger charge is 2.10. The van der Waals surface area contributed by atoms with Gasteiger partial charge >= 0.3 is 0 Å². The Bertz CT molecular complexity index is 512. The van der Waals surface area contributed by atoms with Crippen LogP contribution in [-0.2, 0) is 6.54 Å². The van der Waals surface area contributed by atoms with E-state index >= 15 is 0 Å². The van der Waals surface area contributed by atoms with Crippen molar-refractivity contribution in [1.82, 2.24) is 9.36 Å². The van der Waals surface area contributed by atoms with Crippen molar-refractivity contribution in [2.75, 3.05) is 18.6 Å². The van der Waals surface area contributed by atoms with Crippen LogP contribution in [0.25, 0.3) is 0 Å². The summed E-state index contributed by atoms with van der Waals surface area (Å²) in [6.45, 7) is 5.35. The first kappa shape index (κ1) is 12.8. The average Bonchev–Trinajstić information content (AvgIpc) is 2.79. The van der Waals surface area contributed by atoms with Crippen molar-refractivity contribution in [3.8, 4) is 5.75 Å². The molecule has 0 radical (unpaired) electrons. The lowest BCUT2D eigenvalue weighted by Crippen LogP contribution is -2.16. The summed E-state index contributed by atoms with van der Waals surface area (Å²) in [4.78, 5) is 6.46. The molecule has 0 saturated carbocycles. The molecule has 0 atom stereocenters. The standard InChI is InChI=1S/C13H17N3OS/c1-4-17-12-8-6-5-7-11(12)9-16(3)13-14-10(2)15-18-13/h5-8H,4,9H2,1-3H3. The van der Waals surface area contributed by atoms with E-state index in [4.69, 9.17) is 4.74 Å². The van der Waals surface area contributed by atoms with Crippen LogP contribution in [0.5, 0.6) is 5.75 Å². The summed E-state index contributed by atoms with van der Waals surface area (Å²) in [6, 6.07) is 8.09. The minimum Gasteiger partial charge on any atom is -0.494 e. The Balaban J connectivity index is 2.13. The van der Waals surface area contributed by atoms with E-state index in [9.17, 15) is 0 Å². The maximum atomic E-state index is 5.62. The van der Waals surface area contributed by atoms with Gasteiger partial charge < -0.3 is 9.64 Å². The van der Waals surface area contributed by atoms with E-state index in [0.29, 0.717) is 6.61 Å². The van der Waals surface area contributed by atoms with Crippen LogP contribution >= 0.6 is 11.5 Å². The summed E-state index contributed by atoms with van der Waals surface area (Å²) in [7, 11) is 2.02. The van der Waals surface area contributed by atoms with E-state index in [1.807, 2.05) is 39.1 Å². The Morgan fingerprint density at radius 2 is 2.11 bits per heavy atom. The SMILES string of the molecule is CCOc1ccccc1CN(C)c1nc(C)ns1. The van der Waals surface area contributed by atoms with Crippen LogP contribution in [0.3, 0.4) is 0 Å². The normalized spacial score (nSPS) is 10.4. The third-order valence-electron chi connectivity index (χ3n) is 2.52. The third-order valence-corrected chi connectivity index (χ3v) is 3.45. The highest BCUT2D eigenvalue weighted by Crippen LogP contribution is 2.23. The second kappa shape index (κ2) is 5.82. The fraction of sp³-hybridized carbons (Fsp3) is 0.385. The van der Waals surface area contributed by atoms with E-state index in [1.54, 1.807) is 0 Å². The molecule has 18 heavy (non-hydrogen) atoms. The summed E-state index contributed by atoms with van der Waals surface area (Å²) in [5.74, 6) is 1.76. The van der Waals surface area contributed by atoms with Gasteiger partial charge in [-0.05, 0) is 19.9 Å². The van der Waals surface area contributed by atoms with Crippen molar-refractivity contribution in [3.63, 3.8) is 0 Å². The maximum absolute atomic E-state index is 5.62. The van der Waals surface area contributed by atoms with E-state index in [1.165, 1.54) is 11.5 Å². The third kappa shape index (κ3) is 2.98. The van der Waals surface area contributed by atoms with E-state index in [0.717, 1.165) is 28.8 Å². The van der Waals surface area contributed by atoms with Crippen molar-refractivity contribution < 1.29 is 4.74 Å². The Hall–Kier alpha value is -1.62. The van der Waals surface area contributed by atoms with Crippen molar-refractivity contribution in [1.29, 1.82) is 0 Å². The molecule has 4 nitrogen and oxygen atoms in total. The minimum atomic E-state index is 0.679. The number of ether oxygens (including phenoxy) is 1. The molecular formula is C13H17N3OS. The van der Waals surface area contributed by atoms with Gasteiger partial charge in [0.15, 0.2) is 0 Å². The van der Waals surface area contributed by atoms with Crippen LogP contribution in [0.4, 0.5) is 5.13 Å². The van der Waals surface area contributed by atoms with Crippen LogP contribution in [0.15, 0.2) is 24.3 Å². The minimum absolute atomic E-state index is 0.679. The van der Waals surface area contributed by atoms with E-state index in [2.05, 4.69) is 20.3 Å². The van der Waals surface area contributed by atoms with Gasteiger partial charge in [0.2, 0.25) is 5.13 Å². The second-order valence-corrected chi connectivity index (χ2v) is 4.75. The molecule has 0 spiro atoms. The lowest BCUT2D eigenvalue weighted by molar-refractivity contribution is 0.336. The largest absolute Gasteiger partial charge is 0.494 e. The molecule has 0 aliphatic rings. The van der Waals surface area contributed by atoms with E-state index < -0.39 is 0 Å². The quantitative estimate of drug-likeness (QED) is 0.831. The van der Waals surface area contributed by atoms with Gasteiger partial charge in [0, 0.05) is 30.7 Å². The van der Waals surface area contributed by atoms with Gasteiger partial charge in [-0.2, -0.15) is 4.37 Å². The predicted octanol–water partition coefficient (Wildman–Crippen LogP) is 2.88. The highest BCUT2D eigenvalue weighted by atomic mass is 32.1. The Kier molecular flexibility index (Phi) is 4.15. The van der Waals surface area contributed by atoms with Gasteiger partial charge in [-0.1, -0.05) is 18.2 Å². The summed E-state index contributed by atoms with van der Waals surface area (Å²) in [6.07, 6.45) is 0. The molecule has 1 heterocycles. The molecule has 0 aliphatic carbocycles. The molecule has 0 N–H and O–H groups in total. The number of hydrogen-bond acceptors (Lipinski definition) is 5. The first-order chi connectivity index (χ1) is 8.70. The summed E-state index contributed by atoms with van der Waals surface area (Å²) in [5.41, 5.74) is 1.16. The maximum Gasteiger partial charge on any atom is 0.205 e. The molecule has 0 aliphatic heterocycles. The average molecular weight is 263 g/mol. The van der Waals surface area contributed by atoms with Crippen LogP contribution in [0, 0.1) is 6.92 Å². The monoisotopic (exact) mass is 263 g/mol. The molecule has 2 aromatic rings.